The number of hydrogen-bond donors (Lipinski definition) is 1. The molecule has 1 N–H and O–H groups in total. The fraction of sp³-hybridized carbons (Fsp3) is 0.250. The SMILES string of the molecule is CCSc1ccc(NC(=O)C2C=CC(=O)N=N2)cn1. The Hall–Kier alpha value is -2.02. The van der Waals surface area contributed by atoms with Gasteiger partial charge in [0.1, 0.15) is 0 Å². The van der Waals surface area contributed by atoms with E-state index in [1.54, 1.807) is 24.0 Å². The second kappa shape index (κ2) is 6.24. The molecule has 7 heteroatoms. The van der Waals surface area contributed by atoms with Crippen LogP contribution in [0.15, 0.2) is 45.7 Å². The molecule has 1 unspecified atom stereocenters. The summed E-state index contributed by atoms with van der Waals surface area (Å²) in [5.74, 6) is 0.150. The van der Waals surface area contributed by atoms with Crippen molar-refractivity contribution >= 4 is 29.3 Å². The summed E-state index contributed by atoms with van der Waals surface area (Å²) in [7, 11) is 0. The molecule has 0 radical (unpaired) electrons. The summed E-state index contributed by atoms with van der Waals surface area (Å²) in [5, 5.41) is 10.5. The van der Waals surface area contributed by atoms with Gasteiger partial charge in [-0.05, 0) is 24.0 Å². The number of pyridine rings is 1. The molecule has 1 aromatic heterocycles. The lowest BCUT2D eigenvalue weighted by atomic mass is 10.2. The summed E-state index contributed by atoms with van der Waals surface area (Å²) in [6.45, 7) is 2.05. The number of carbonyl (C=O) groups is 2. The van der Waals surface area contributed by atoms with Crippen molar-refractivity contribution in [2.45, 2.75) is 18.0 Å². The number of nitrogens with one attached hydrogen (secondary N) is 1. The van der Waals surface area contributed by atoms with Crippen molar-refractivity contribution in [1.29, 1.82) is 0 Å². The molecule has 0 fully saturated rings. The Morgan fingerprint density at radius 1 is 1.47 bits per heavy atom. The highest BCUT2D eigenvalue weighted by molar-refractivity contribution is 7.99. The lowest BCUT2D eigenvalue weighted by molar-refractivity contribution is -0.117. The maximum atomic E-state index is 11.8. The molecule has 0 saturated carbocycles. The van der Waals surface area contributed by atoms with Crippen LogP contribution in [-0.2, 0) is 9.59 Å². The first kappa shape index (κ1) is 13.4. The summed E-state index contributed by atoms with van der Waals surface area (Å²) in [6.07, 6.45) is 4.24. The normalized spacial score (nSPS) is 17.5. The number of rotatable bonds is 4. The predicted octanol–water partition coefficient (Wildman–Crippen LogP) is 2.05. The Morgan fingerprint density at radius 3 is 2.89 bits per heavy atom. The van der Waals surface area contributed by atoms with E-state index in [0.717, 1.165) is 10.8 Å². The average Bonchev–Trinajstić information content (AvgIpc) is 2.42. The van der Waals surface area contributed by atoms with Crippen LogP contribution in [-0.4, -0.2) is 28.6 Å². The minimum atomic E-state index is -0.762. The molecule has 1 atom stereocenters. The molecular weight excluding hydrogens is 264 g/mol. The van der Waals surface area contributed by atoms with Crippen molar-refractivity contribution in [2.24, 2.45) is 10.2 Å². The number of amides is 2. The molecule has 0 aromatic carbocycles. The van der Waals surface area contributed by atoms with Gasteiger partial charge in [0.05, 0.1) is 16.9 Å². The van der Waals surface area contributed by atoms with E-state index in [1.807, 2.05) is 13.0 Å². The summed E-state index contributed by atoms with van der Waals surface area (Å²) >= 11 is 1.63. The molecule has 1 aromatic rings. The quantitative estimate of drug-likeness (QED) is 0.853. The van der Waals surface area contributed by atoms with E-state index in [0.29, 0.717) is 5.69 Å². The second-order valence-electron chi connectivity index (χ2n) is 3.67. The van der Waals surface area contributed by atoms with E-state index >= 15 is 0 Å². The summed E-state index contributed by atoms with van der Waals surface area (Å²) in [6, 6.07) is 2.85. The van der Waals surface area contributed by atoms with Gasteiger partial charge in [-0.15, -0.1) is 16.9 Å². The zero-order valence-electron chi connectivity index (χ0n) is 10.2. The van der Waals surface area contributed by atoms with E-state index in [4.69, 9.17) is 0 Å². The summed E-state index contributed by atoms with van der Waals surface area (Å²) in [4.78, 5) is 26.8. The average molecular weight is 276 g/mol. The van der Waals surface area contributed by atoms with Crippen molar-refractivity contribution in [3.05, 3.63) is 30.5 Å². The molecule has 0 bridgehead atoms. The monoisotopic (exact) mass is 276 g/mol. The third kappa shape index (κ3) is 3.72. The van der Waals surface area contributed by atoms with Gasteiger partial charge in [-0.2, -0.15) is 5.11 Å². The lowest BCUT2D eigenvalue weighted by Gasteiger charge is -2.09. The number of carbonyl (C=O) groups excluding carboxylic acids is 2. The minimum Gasteiger partial charge on any atom is -0.322 e. The molecule has 0 saturated heterocycles. The Kier molecular flexibility index (Phi) is 4.40. The van der Waals surface area contributed by atoms with Crippen LogP contribution in [0.2, 0.25) is 0 Å². The van der Waals surface area contributed by atoms with Gasteiger partial charge in [0.2, 0.25) is 0 Å². The molecule has 98 valence electrons. The van der Waals surface area contributed by atoms with Crippen molar-refractivity contribution in [1.82, 2.24) is 4.98 Å². The first-order valence-corrected chi connectivity index (χ1v) is 6.70. The largest absolute Gasteiger partial charge is 0.322 e. The molecule has 6 nitrogen and oxygen atoms in total. The number of aromatic nitrogens is 1. The minimum absolute atomic E-state index is 0.342. The molecule has 0 aliphatic carbocycles. The highest BCUT2D eigenvalue weighted by atomic mass is 32.2. The van der Waals surface area contributed by atoms with Gasteiger partial charge in [-0.1, -0.05) is 6.92 Å². The Balaban J connectivity index is 1.97. The van der Waals surface area contributed by atoms with Gasteiger partial charge < -0.3 is 5.32 Å². The van der Waals surface area contributed by atoms with E-state index in [2.05, 4.69) is 20.5 Å². The Bertz CT molecular complexity index is 523. The topological polar surface area (TPSA) is 83.8 Å². The fourth-order valence-electron chi connectivity index (χ4n) is 1.41. The standard InChI is InChI=1S/C12H12N4O2S/c1-2-19-11-6-3-8(7-13-11)14-12(18)9-4-5-10(17)16-15-9/h3-7,9H,2H2,1H3,(H,14,18). The first-order chi connectivity index (χ1) is 9.19. The summed E-state index contributed by atoms with van der Waals surface area (Å²) < 4.78 is 0. The fourth-order valence-corrected chi connectivity index (χ4v) is 2.00. The van der Waals surface area contributed by atoms with Crippen molar-refractivity contribution in [3.63, 3.8) is 0 Å². The number of nitrogens with zero attached hydrogens (tertiary/aromatic N) is 3. The highest BCUT2D eigenvalue weighted by Crippen LogP contribution is 2.17. The van der Waals surface area contributed by atoms with Gasteiger partial charge in [-0.3, -0.25) is 9.59 Å². The third-order valence-corrected chi connectivity index (χ3v) is 3.09. The molecule has 19 heavy (non-hydrogen) atoms. The molecule has 2 rings (SSSR count). The maximum absolute atomic E-state index is 11.8. The third-order valence-electron chi connectivity index (χ3n) is 2.27. The van der Waals surface area contributed by atoms with Crippen LogP contribution in [0, 0.1) is 0 Å². The summed E-state index contributed by atoms with van der Waals surface area (Å²) in [5.41, 5.74) is 0.589. The van der Waals surface area contributed by atoms with Gasteiger partial charge in [0.25, 0.3) is 11.8 Å². The molecule has 2 amide bonds. The van der Waals surface area contributed by atoms with Gasteiger partial charge in [0, 0.05) is 6.08 Å². The second-order valence-corrected chi connectivity index (χ2v) is 4.95. The lowest BCUT2D eigenvalue weighted by Crippen LogP contribution is -2.25. The molecular formula is C12H12N4O2S. The van der Waals surface area contributed by atoms with Crippen LogP contribution < -0.4 is 5.32 Å². The zero-order chi connectivity index (χ0) is 13.7. The van der Waals surface area contributed by atoms with E-state index < -0.39 is 11.9 Å². The number of hydrogen-bond acceptors (Lipinski definition) is 5. The molecule has 1 aliphatic rings. The van der Waals surface area contributed by atoms with Gasteiger partial charge in [0.15, 0.2) is 6.04 Å². The van der Waals surface area contributed by atoms with Crippen LogP contribution in [0.3, 0.4) is 0 Å². The van der Waals surface area contributed by atoms with Crippen LogP contribution in [0.25, 0.3) is 0 Å². The van der Waals surface area contributed by atoms with E-state index in [1.165, 1.54) is 12.2 Å². The maximum Gasteiger partial charge on any atom is 0.287 e. The van der Waals surface area contributed by atoms with Crippen LogP contribution in [0.1, 0.15) is 6.92 Å². The van der Waals surface area contributed by atoms with E-state index in [9.17, 15) is 9.59 Å². The number of anilines is 1. The molecule has 0 spiro atoms. The Morgan fingerprint density at radius 2 is 2.32 bits per heavy atom. The van der Waals surface area contributed by atoms with Crippen molar-refractivity contribution in [2.75, 3.05) is 11.1 Å². The van der Waals surface area contributed by atoms with Crippen LogP contribution in [0.5, 0.6) is 0 Å². The number of azo groups is 1. The first-order valence-electron chi connectivity index (χ1n) is 5.72. The smallest absolute Gasteiger partial charge is 0.287 e. The Labute approximate surface area is 114 Å². The predicted molar refractivity (Wildman–Crippen MR) is 72.1 cm³/mol. The molecule has 2 heterocycles. The highest BCUT2D eigenvalue weighted by Gasteiger charge is 2.18. The van der Waals surface area contributed by atoms with Crippen molar-refractivity contribution in [3.8, 4) is 0 Å². The molecule has 1 aliphatic heterocycles. The van der Waals surface area contributed by atoms with Crippen LogP contribution >= 0.6 is 11.8 Å². The van der Waals surface area contributed by atoms with Crippen molar-refractivity contribution < 1.29 is 9.59 Å². The van der Waals surface area contributed by atoms with Crippen LogP contribution in [0.4, 0.5) is 5.69 Å². The van der Waals surface area contributed by atoms with Gasteiger partial charge >= 0.3 is 0 Å². The zero-order valence-corrected chi connectivity index (χ0v) is 11.1. The van der Waals surface area contributed by atoms with E-state index in [-0.39, 0.29) is 5.91 Å². The van der Waals surface area contributed by atoms with Gasteiger partial charge in [-0.25, -0.2) is 4.98 Å². The number of thioether (sulfide) groups is 1.